The minimum absolute atomic E-state index is 0.00718. The molecule has 216 valence electrons. The largest absolute Gasteiger partial charge is 0.483 e. The molecule has 11 nitrogen and oxygen atoms in total. The minimum atomic E-state index is -3.94. The Morgan fingerprint density at radius 1 is 1.15 bits per heavy atom. The van der Waals surface area contributed by atoms with Gasteiger partial charge in [-0.05, 0) is 44.8 Å². The molecule has 0 aromatic carbocycles. The van der Waals surface area contributed by atoms with E-state index in [1.807, 2.05) is 0 Å². The lowest BCUT2D eigenvalue weighted by atomic mass is 9.98. The van der Waals surface area contributed by atoms with Gasteiger partial charge in [0.2, 0.25) is 5.75 Å². The second-order valence-corrected chi connectivity index (χ2v) is 11.5. The number of halogens is 3. The average molecular weight is 598 g/mol. The molecular weight excluding hydrogens is 568 g/mol. The van der Waals surface area contributed by atoms with Gasteiger partial charge in [-0.3, -0.25) is 9.52 Å². The number of hydrogen-bond donors (Lipinski definition) is 1. The van der Waals surface area contributed by atoms with Crippen molar-refractivity contribution in [1.29, 1.82) is 0 Å². The summed E-state index contributed by atoms with van der Waals surface area (Å²) in [5, 5.41) is 4.26. The van der Waals surface area contributed by atoms with Gasteiger partial charge in [-0.2, -0.15) is 22.5 Å². The number of ether oxygens (including phenoxy) is 1. The van der Waals surface area contributed by atoms with Crippen LogP contribution in [0, 0.1) is 0 Å². The Balaban J connectivity index is 1.61. The number of allylic oxidation sites excluding steroid dienone is 5. The van der Waals surface area contributed by atoms with Crippen molar-refractivity contribution in [2.45, 2.75) is 45.1 Å². The van der Waals surface area contributed by atoms with Gasteiger partial charge >= 0.3 is 15.8 Å². The maximum atomic E-state index is 13.8. The normalized spacial score (nSPS) is 18.1. The van der Waals surface area contributed by atoms with Gasteiger partial charge in [0.1, 0.15) is 28.8 Å². The topological polar surface area (TPSA) is 123 Å². The summed E-state index contributed by atoms with van der Waals surface area (Å²) in [7, 11) is -3.94. The minimum Gasteiger partial charge on any atom is -0.483 e. The fraction of sp³-hybridized carbons (Fsp3) is 0.440. The second kappa shape index (κ2) is 12.9. The molecule has 1 aliphatic heterocycles. The van der Waals surface area contributed by atoms with Crippen LogP contribution in [0.25, 0.3) is 5.70 Å². The third-order valence-electron chi connectivity index (χ3n) is 6.43. The number of anilines is 2. The molecule has 2 aliphatic rings. The molecular formula is C25H30ClF2N7O4S. The Hall–Kier alpha value is -3.36. The summed E-state index contributed by atoms with van der Waals surface area (Å²) in [6.45, 7) is 4.98. The number of nitrogens with one attached hydrogen (secondary N) is 1. The van der Waals surface area contributed by atoms with Crippen molar-refractivity contribution < 1.29 is 21.9 Å². The van der Waals surface area contributed by atoms with E-state index in [1.165, 1.54) is 16.6 Å². The molecule has 0 atom stereocenters. The first-order valence-electron chi connectivity index (χ1n) is 12.7. The van der Waals surface area contributed by atoms with E-state index in [-0.39, 0.29) is 54.7 Å². The van der Waals surface area contributed by atoms with Gasteiger partial charge in [-0.15, -0.1) is 0 Å². The standard InChI is InChI=1S/C25H30ClF2N7O4S/c1-17(27)12-19(13-18(2)28)35-25(36)24(39-20-6-4-3-5-7-20)21(15-31-35)33-8-10-34(11-9-33)40(37,38)32-23-14-22(26)29-16-30-23/h12-16,20H,1,3-11H2,2H3,(H,29,30,32)/b18-13+,19-12+. The van der Waals surface area contributed by atoms with E-state index >= 15 is 0 Å². The van der Waals surface area contributed by atoms with Crippen LogP contribution in [-0.4, -0.2) is 64.8 Å². The van der Waals surface area contributed by atoms with Crippen molar-refractivity contribution in [1.82, 2.24) is 24.1 Å². The van der Waals surface area contributed by atoms with Gasteiger partial charge in [-0.1, -0.05) is 24.6 Å². The Bertz CT molecular complexity index is 1460. The Morgan fingerprint density at radius 3 is 2.48 bits per heavy atom. The van der Waals surface area contributed by atoms with Crippen LogP contribution in [0.15, 0.2) is 53.8 Å². The molecule has 1 N–H and O–H groups in total. The van der Waals surface area contributed by atoms with Crippen LogP contribution < -0.4 is 19.9 Å². The molecule has 40 heavy (non-hydrogen) atoms. The van der Waals surface area contributed by atoms with Crippen molar-refractivity contribution in [3.63, 3.8) is 0 Å². The van der Waals surface area contributed by atoms with Crippen molar-refractivity contribution >= 4 is 39.0 Å². The lowest BCUT2D eigenvalue weighted by molar-refractivity contribution is 0.152. The molecule has 0 bridgehead atoms. The zero-order chi connectivity index (χ0) is 28.9. The van der Waals surface area contributed by atoms with Crippen LogP contribution >= 0.6 is 11.6 Å². The van der Waals surface area contributed by atoms with Gasteiger partial charge in [0.25, 0.3) is 0 Å². The molecule has 3 heterocycles. The van der Waals surface area contributed by atoms with E-state index in [0.717, 1.165) is 62.2 Å². The zero-order valence-electron chi connectivity index (χ0n) is 21.9. The van der Waals surface area contributed by atoms with Crippen molar-refractivity contribution in [3.8, 4) is 5.75 Å². The number of nitrogens with zero attached hydrogens (tertiary/aromatic N) is 6. The van der Waals surface area contributed by atoms with E-state index in [4.69, 9.17) is 16.3 Å². The van der Waals surface area contributed by atoms with Gasteiger partial charge in [0, 0.05) is 32.2 Å². The molecule has 1 aliphatic carbocycles. The van der Waals surface area contributed by atoms with Gasteiger partial charge in [0.15, 0.2) is 0 Å². The first-order chi connectivity index (χ1) is 19.0. The van der Waals surface area contributed by atoms with E-state index < -0.39 is 27.4 Å². The lowest BCUT2D eigenvalue weighted by Gasteiger charge is -2.36. The van der Waals surface area contributed by atoms with Gasteiger partial charge in [0.05, 0.1) is 23.8 Å². The van der Waals surface area contributed by atoms with Crippen molar-refractivity contribution in [2.75, 3.05) is 35.8 Å². The molecule has 0 amide bonds. The quantitative estimate of drug-likeness (QED) is 0.339. The van der Waals surface area contributed by atoms with Crippen molar-refractivity contribution in [2.24, 2.45) is 0 Å². The molecule has 2 aromatic rings. The molecule has 0 spiro atoms. The number of aromatic nitrogens is 4. The lowest BCUT2D eigenvalue weighted by Crippen LogP contribution is -2.50. The summed E-state index contributed by atoms with van der Waals surface area (Å²) in [4.78, 5) is 23.0. The van der Waals surface area contributed by atoms with Crippen LogP contribution in [0.1, 0.15) is 39.0 Å². The van der Waals surface area contributed by atoms with E-state index in [2.05, 4.69) is 26.4 Å². The van der Waals surface area contributed by atoms with Gasteiger partial charge in [-0.25, -0.2) is 18.7 Å². The summed E-state index contributed by atoms with van der Waals surface area (Å²) in [6.07, 6.45) is 8.73. The van der Waals surface area contributed by atoms with Crippen LogP contribution in [0.3, 0.4) is 0 Å². The maximum absolute atomic E-state index is 13.8. The SMILES string of the molecule is C=C(F)/C=C(\C=C(/C)F)n1ncc(N2CCN(S(=O)(=O)Nc3cc(Cl)ncn3)CC2)c(OC2CCCCC2)c1=O. The molecule has 0 radical (unpaired) electrons. The highest BCUT2D eigenvalue weighted by molar-refractivity contribution is 7.90. The number of rotatable bonds is 9. The highest BCUT2D eigenvalue weighted by Gasteiger charge is 2.31. The first kappa shape index (κ1) is 29.6. The van der Waals surface area contributed by atoms with Crippen LogP contribution in [0.2, 0.25) is 5.15 Å². The summed E-state index contributed by atoms with van der Waals surface area (Å²) in [5.41, 5.74) is -0.464. The first-order valence-corrected chi connectivity index (χ1v) is 14.5. The predicted octanol–water partition coefficient (Wildman–Crippen LogP) is 4.07. The highest BCUT2D eigenvalue weighted by atomic mass is 35.5. The average Bonchev–Trinajstić information content (AvgIpc) is 2.89. The third kappa shape index (κ3) is 7.43. The Morgan fingerprint density at radius 2 is 1.85 bits per heavy atom. The maximum Gasteiger partial charge on any atom is 0.316 e. The molecule has 1 saturated carbocycles. The van der Waals surface area contributed by atoms with Gasteiger partial charge < -0.3 is 9.64 Å². The molecule has 0 unspecified atom stereocenters. The summed E-state index contributed by atoms with van der Waals surface area (Å²) in [5.74, 6) is -1.51. The number of piperazine rings is 1. The molecule has 2 fully saturated rings. The number of hydrogen-bond acceptors (Lipinski definition) is 8. The Kier molecular flexibility index (Phi) is 9.53. The van der Waals surface area contributed by atoms with Crippen LogP contribution in [0.5, 0.6) is 5.75 Å². The van der Waals surface area contributed by atoms with Crippen LogP contribution in [-0.2, 0) is 10.2 Å². The third-order valence-corrected chi connectivity index (χ3v) is 8.15. The smallest absolute Gasteiger partial charge is 0.316 e. The van der Waals surface area contributed by atoms with E-state index in [9.17, 15) is 22.0 Å². The fourth-order valence-corrected chi connectivity index (χ4v) is 5.88. The fourth-order valence-electron chi connectivity index (χ4n) is 4.58. The molecule has 4 rings (SSSR count). The monoisotopic (exact) mass is 597 g/mol. The van der Waals surface area contributed by atoms with E-state index in [0.29, 0.717) is 5.69 Å². The van der Waals surface area contributed by atoms with E-state index in [1.54, 1.807) is 4.90 Å². The Labute approximate surface area is 236 Å². The van der Waals surface area contributed by atoms with Crippen molar-refractivity contribution in [3.05, 3.63) is 64.5 Å². The molecule has 2 aromatic heterocycles. The second-order valence-electron chi connectivity index (χ2n) is 9.42. The molecule has 1 saturated heterocycles. The summed E-state index contributed by atoms with van der Waals surface area (Å²) in [6, 6.07) is 1.30. The summed E-state index contributed by atoms with van der Waals surface area (Å²) >= 11 is 5.82. The molecule has 15 heteroatoms. The van der Waals surface area contributed by atoms with Crippen LogP contribution in [0.4, 0.5) is 20.3 Å². The zero-order valence-corrected chi connectivity index (χ0v) is 23.5. The summed E-state index contributed by atoms with van der Waals surface area (Å²) < 4.78 is 64.0. The predicted molar refractivity (Wildman–Crippen MR) is 149 cm³/mol. The highest BCUT2D eigenvalue weighted by Crippen LogP contribution is 2.30.